The second-order valence-electron chi connectivity index (χ2n) is 8.61. The zero-order valence-corrected chi connectivity index (χ0v) is 22.3. The highest BCUT2D eigenvalue weighted by molar-refractivity contribution is 6.35. The van der Waals surface area contributed by atoms with Gasteiger partial charge in [0.15, 0.2) is 0 Å². The Hall–Kier alpha value is -2.75. The molecule has 0 unspecified atom stereocenters. The van der Waals surface area contributed by atoms with Gasteiger partial charge in [-0.3, -0.25) is 19.2 Å². The second kappa shape index (κ2) is 10.6. The number of ether oxygens (including phenoxy) is 1. The molecule has 5 rings (SSSR count). The van der Waals surface area contributed by atoms with Gasteiger partial charge in [-0.25, -0.2) is 4.79 Å². The van der Waals surface area contributed by atoms with Gasteiger partial charge in [0.05, 0.1) is 42.3 Å². The summed E-state index contributed by atoms with van der Waals surface area (Å²) < 4.78 is 8.46. The van der Waals surface area contributed by atoms with Crippen molar-refractivity contribution in [2.75, 3.05) is 31.2 Å². The Morgan fingerprint density at radius 2 is 1.32 bits per heavy atom. The van der Waals surface area contributed by atoms with Crippen molar-refractivity contribution in [2.24, 2.45) is 0 Å². The molecule has 0 atom stereocenters. The lowest BCUT2D eigenvalue weighted by Gasteiger charge is -2.28. The van der Waals surface area contributed by atoms with Gasteiger partial charge >= 0.3 is 5.69 Å². The summed E-state index contributed by atoms with van der Waals surface area (Å²) in [7, 11) is 0. The molecule has 1 fully saturated rings. The minimum Gasteiger partial charge on any atom is -0.378 e. The average Bonchev–Trinajstić information content (AvgIpc) is 3.12. The maximum Gasteiger partial charge on any atom is 0.329 e. The molecule has 0 spiro atoms. The number of nitro benzene ring substituents is 1. The topological polar surface area (TPSA) is 82.5 Å². The third-order valence-corrected chi connectivity index (χ3v) is 7.52. The van der Waals surface area contributed by atoms with Crippen molar-refractivity contribution >= 4 is 68.8 Å². The van der Waals surface area contributed by atoms with Crippen molar-refractivity contribution in [3.63, 3.8) is 0 Å². The first-order chi connectivity index (χ1) is 17.7. The van der Waals surface area contributed by atoms with E-state index >= 15 is 0 Å². The van der Waals surface area contributed by atoms with E-state index in [1.54, 1.807) is 47.0 Å². The molecule has 37 heavy (non-hydrogen) atoms. The number of nitrogens with zero attached hydrogens (tertiary/aromatic N) is 4. The van der Waals surface area contributed by atoms with Crippen LogP contribution in [0.1, 0.15) is 11.1 Å². The maximum atomic E-state index is 13.8. The quantitative estimate of drug-likeness (QED) is 0.198. The summed E-state index contributed by atoms with van der Waals surface area (Å²) in [5, 5.41) is 13.9. The van der Waals surface area contributed by atoms with E-state index < -0.39 is 4.92 Å². The molecule has 8 nitrogen and oxygen atoms in total. The third-order valence-electron chi connectivity index (χ3n) is 6.35. The van der Waals surface area contributed by atoms with Gasteiger partial charge in [-0.15, -0.1) is 0 Å². The molecule has 1 aliphatic heterocycles. The zero-order valence-electron chi connectivity index (χ0n) is 19.3. The zero-order chi connectivity index (χ0) is 26.3. The predicted octanol–water partition coefficient (Wildman–Crippen LogP) is 6.26. The summed E-state index contributed by atoms with van der Waals surface area (Å²) in [4.78, 5) is 27.4. The Balaban J connectivity index is 1.73. The van der Waals surface area contributed by atoms with Gasteiger partial charge in [-0.1, -0.05) is 58.5 Å². The number of hydrogen-bond acceptors (Lipinski definition) is 5. The van der Waals surface area contributed by atoms with Gasteiger partial charge < -0.3 is 9.64 Å². The summed E-state index contributed by atoms with van der Waals surface area (Å²) in [5.41, 5.74) is 2.25. The van der Waals surface area contributed by atoms with Crippen molar-refractivity contribution < 1.29 is 9.66 Å². The monoisotopic (exact) mass is 580 g/mol. The number of nitro groups is 1. The van der Waals surface area contributed by atoms with Crippen LogP contribution in [0.3, 0.4) is 0 Å². The highest BCUT2D eigenvalue weighted by Crippen LogP contribution is 2.35. The van der Waals surface area contributed by atoms with Crippen LogP contribution < -0.4 is 10.6 Å². The standard InChI is InChI=1S/C25H20Cl4N4O4/c26-17-3-1-15(19(28)9-17)13-31-22-11-21(30-5-7-37-8-6-30)24(33(35)36)12-23(22)32(25(31)34)14-16-2-4-18(27)10-20(16)29/h1-4,9-12H,5-8,13-14H2. The van der Waals surface area contributed by atoms with Crippen LogP contribution in [0, 0.1) is 10.1 Å². The van der Waals surface area contributed by atoms with E-state index in [0.29, 0.717) is 74.2 Å². The lowest BCUT2D eigenvalue weighted by atomic mass is 10.1. The fraction of sp³-hybridized carbons (Fsp3) is 0.240. The molecule has 0 bridgehead atoms. The van der Waals surface area contributed by atoms with Gasteiger partial charge in [-0.05, 0) is 41.5 Å². The van der Waals surface area contributed by atoms with Crippen LogP contribution in [0.15, 0.2) is 53.3 Å². The first-order valence-electron chi connectivity index (χ1n) is 11.3. The first-order valence-corrected chi connectivity index (χ1v) is 12.9. The molecular formula is C25H20Cl4N4O4. The van der Waals surface area contributed by atoms with Crippen LogP contribution in [-0.2, 0) is 17.8 Å². The second-order valence-corrected chi connectivity index (χ2v) is 10.3. The van der Waals surface area contributed by atoms with E-state index in [-0.39, 0.29) is 24.5 Å². The summed E-state index contributed by atoms with van der Waals surface area (Å²) in [6.07, 6.45) is 0. The molecule has 0 amide bonds. The number of aromatic nitrogens is 2. The van der Waals surface area contributed by atoms with Crippen molar-refractivity contribution in [1.82, 2.24) is 9.13 Å². The maximum absolute atomic E-state index is 13.8. The largest absolute Gasteiger partial charge is 0.378 e. The van der Waals surface area contributed by atoms with E-state index in [0.717, 1.165) is 0 Å². The first kappa shape index (κ1) is 25.9. The van der Waals surface area contributed by atoms with Gasteiger partial charge in [0, 0.05) is 39.2 Å². The molecule has 4 aromatic rings. The van der Waals surface area contributed by atoms with Crippen molar-refractivity contribution in [1.29, 1.82) is 0 Å². The number of benzene rings is 3. The van der Waals surface area contributed by atoms with E-state index in [4.69, 9.17) is 51.1 Å². The number of anilines is 1. The number of rotatable bonds is 6. The van der Waals surface area contributed by atoms with E-state index in [1.807, 2.05) is 4.90 Å². The SMILES string of the molecule is O=c1n(Cc2ccc(Cl)cc2Cl)c2cc(N3CCOCC3)c([N+](=O)[O-])cc2n1Cc1ccc(Cl)cc1Cl. The average molecular weight is 582 g/mol. The molecule has 1 aromatic heterocycles. The summed E-state index contributed by atoms with van der Waals surface area (Å²) in [6, 6.07) is 13.2. The van der Waals surface area contributed by atoms with E-state index in [1.165, 1.54) is 10.6 Å². The number of fused-ring (bicyclic) bond motifs is 1. The van der Waals surface area contributed by atoms with E-state index in [9.17, 15) is 14.9 Å². The molecule has 3 aromatic carbocycles. The van der Waals surface area contributed by atoms with Crippen molar-refractivity contribution in [2.45, 2.75) is 13.1 Å². The number of hydrogen-bond donors (Lipinski definition) is 0. The van der Waals surface area contributed by atoms with Crippen LogP contribution in [-0.4, -0.2) is 40.4 Å². The Kier molecular flexibility index (Phi) is 7.38. The molecule has 0 saturated carbocycles. The van der Waals surface area contributed by atoms with Gasteiger partial charge in [0.1, 0.15) is 5.69 Å². The summed E-state index contributed by atoms with van der Waals surface area (Å²) in [5.74, 6) is 0. The van der Waals surface area contributed by atoms with Crippen LogP contribution in [0.5, 0.6) is 0 Å². The van der Waals surface area contributed by atoms with E-state index in [2.05, 4.69) is 0 Å². The van der Waals surface area contributed by atoms with Crippen molar-refractivity contribution in [3.8, 4) is 0 Å². The normalized spacial score (nSPS) is 13.9. The lowest BCUT2D eigenvalue weighted by molar-refractivity contribution is -0.384. The molecule has 1 aliphatic rings. The summed E-state index contributed by atoms with van der Waals surface area (Å²) >= 11 is 24.9. The highest BCUT2D eigenvalue weighted by Gasteiger charge is 2.26. The molecule has 2 heterocycles. The van der Waals surface area contributed by atoms with Gasteiger partial charge in [-0.2, -0.15) is 0 Å². The smallest absolute Gasteiger partial charge is 0.329 e. The number of halogens is 4. The highest BCUT2D eigenvalue weighted by atomic mass is 35.5. The Morgan fingerprint density at radius 3 is 1.81 bits per heavy atom. The fourth-order valence-corrected chi connectivity index (χ4v) is 5.43. The van der Waals surface area contributed by atoms with Crippen LogP contribution in [0.4, 0.5) is 11.4 Å². The molecule has 0 N–H and O–H groups in total. The minimum absolute atomic E-state index is 0.0907. The summed E-state index contributed by atoms with van der Waals surface area (Å²) in [6.45, 7) is 2.16. The van der Waals surface area contributed by atoms with Crippen molar-refractivity contribution in [3.05, 3.63) is 100 Å². The van der Waals surface area contributed by atoms with Gasteiger partial charge in [0.25, 0.3) is 5.69 Å². The van der Waals surface area contributed by atoms with Crippen LogP contribution in [0.25, 0.3) is 11.0 Å². The van der Waals surface area contributed by atoms with Crippen LogP contribution in [0.2, 0.25) is 20.1 Å². The lowest BCUT2D eigenvalue weighted by Crippen LogP contribution is -2.36. The third kappa shape index (κ3) is 5.17. The van der Waals surface area contributed by atoms with Gasteiger partial charge in [0.2, 0.25) is 0 Å². The Labute approximate surface area is 231 Å². The number of imidazole rings is 1. The Morgan fingerprint density at radius 1 is 0.811 bits per heavy atom. The van der Waals surface area contributed by atoms with Crippen LogP contribution >= 0.6 is 46.4 Å². The molecule has 0 radical (unpaired) electrons. The molecule has 12 heteroatoms. The predicted molar refractivity (Wildman–Crippen MR) is 147 cm³/mol. The molecule has 1 saturated heterocycles. The molecule has 0 aliphatic carbocycles. The Bertz CT molecular complexity index is 1580. The molecule has 192 valence electrons. The minimum atomic E-state index is -0.429. The molecular weight excluding hydrogens is 562 g/mol. The fourth-order valence-electron chi connectivity index (χ4n) is 4.49. The number of morpholine rings is 1.